The summed E-state index contributed by atoms with van der Waals surface area (Å²) in [7, 11) is 0. The lowest BCUT2D eigenvalue weighted by atomic mass is 10.2. The van der Waals surface area contributed by atoms with Gasteiger partial charge in [0.15, 0.2) is 0 Å². The summed E-state index contributed by atoms with van der Waals surface area (Å²) >= 11 is 1.62. The Morgan fingerprint density at radius 2 is 1.75 bits per heavy atom. The topological polar surface area (TPSA) is 50.4 Å². The lowest BCUT2D eigenvalue weighted by molar-refractivity contribution is 0.251. The minimum atomic E-state index is -0.226. The van der Waals surface area contributed by atoms with E-state index in [1.807, 2.05) is 72.1 Å². The summed E-state index contributed by atoms with van der Waals surface area (Å²) in [6.07, 6.45) is 0. The first-order valence-corrected chi connectivity index (χ1v) is 8.52. The van der Waals surface area contributed by atoms with Crippen molar-refractivity contribution in [2.75, 3.05) is 5.32 Å². The molecular formula is C19H18N2O2S. The van der Waals surface area contributed by atoms with Crippen molar-refractivity contribution in [3.8, 4) is 5.75 Å². The number of ether oxygens (including phenoxy) is 1. The van der Waals surface area contributed by atoms with E-state index in [0.29, 0.717) is 13.2 Å². The molecule has 0 unspecified atom stereocenters. The predicted octanol–water partition coefficient (Wildman–Crippen LogP) is 4.65. The molecule has 0 saturated heterocycles. The standard InChI is InChI=1S/C19H18N2O2S/c22-19(20-13-17-10-6-12-24-17)21-18-11-5-4-7-15(18)14-23-16-8-2-1-3-9-16/h1-12H,13-14H2,(H2,20,21,22). The van der Waals surface area contributed by atoms with Gasteiger partial charge in [0.2, 0.25) is 0 Å². The van der Waals surface area contributed by atoms with Crippen LogP contribution in [0.3, 0.4) is 0 Å². The van der Waals surface area contributed by atoms with Gasteiger partial charge in [0.1, 0.15) is 12.4 Å². The Morgan fingerprint density at radius 3 is 2.54 bits per heavy atom. The molecule has 1 heterocycles. The molecule has 5 heteroatoms. The Kier molecular flexibility index (Phi) is 5.48. The summed E-state index contributed by atoms with van der Waals surface area (Å²) in [4.78, 5) is 13.2. The number of anilines is 1. The zero-order valence-electron chi connectivity index (χ0n) is 13.1. The second kappa shape index (κ2) is 8.17. The summed E-state index contributed by atoms with van der Waals surface area (Å²) in [5.74, 6) is 0.800. The largest absolute Gasteiger partial charge is 0.489 e. The highest BCUT2D eigenvalue weighted by Crippen LogP contribution is 2.18. The van der Waals surface area contributed by atoms with E-state index in [2.05, 4.69) is 10.6 Å². The summed E-state index contributed by atoms with van der Waals surface area (Å²) in [6.45, 7) is 0.914. The van der Waals surface area contributed by atoms with Crippen LogP contribution in [-0.4, -0.2) is 6.03 Å². The monoisotopic (exact) mass is 338 g/mol. The molecular weight excluding hydrogens is 320 g/mol. The van der Waals surface area contributed by atoms with E-state index in [0.717, 1.165) is 21.9 Å². The van der Waals surface area contributed by atoms with E-state index in [-0.39, 0.29) is 6.03 Å². The number of para-hydroxylation sites is 2. The van der Waals surface area contributed by atoms with E-state index < -0.39 is 0 Å². The van der Waals surface area contributed by atoms with Gasteiger partial charge in [-0.05, 0) is 29.6 Å². The Labute approximate surface area is 145 Å². The van der Waals surface area contributed by atoms with Crippen LogP contribution in [0.5, 0.6) is 5.75 Å². The third kappa shape index (κ3) is 4.60. The lowest BCUT2D eigenvalue weighted by Crippen LogP contribution is -2.28. The smallest absolute Gasteiger partial charge is 0.319 e. The normalized spacial score (nSPS) is 10.2. The maximum atomic E-state index is 12.1. The highest BCUT2D eigenvalue weighted by atomic mass is 32.1. The van der Waals surface area contributed by atoms with Crippen LogP contribution in [0, 0.1) is 0 Å². The van der Waals surface area contributed by atoms with E-state index in [4.69, 9.17) is 4.74 Å². The zero-order valence-corrected chi connectivity index (χ0v) is 13.9. The molecule has 0 fully saturated rings. The fraction of sp³-hybridized carbons (Fsp3) is 0.105. The SMILES string of the molecule is O=C(NCc1cccs1)Nc1ccccc1COc1ccccc1. The van der Waals surface area contributed by atoms with Gasteiger partial charge < -0.3 is 15.4 Å². The van der Waals surface area contributed by atoms with Crippen molar-refractivity contribution in [3.05, 3.63) is 82.6 Å². The van der Waals surface area contributed by atoms with Crippen molar-refractivity contribution in [1.82, 2.24) is 5.32 Å². The summed E-state index contributed by atoms with van der Waals surface area (Å²) in [5, 5.41) is 7.73. The van der Waals surface area contributed by atoms with Gasteiger partial charge in [-0.25, -0.2) is 4.79 Å². The molecule has 24 heavy (non-hydrogen) atoms. The van der Waals surface area contributed by atoms with E-state index >= 15 is 0 Å². The number of amides is 2. The number of carbonyl (C=O) groups excluding carboxylic acids is 1. The fourth-order valence-electron chi connectivity index (χ4n) is 2.19. The molecule has 0 radical (unpaired) electrons. The number of rotatable bonds is 6. The number of hydrogen-bond donors (Lipinski definition) is 2. The number of benzene rings is 2. The molecule has 0 saturated carbocycles. The van der Waals surface area contributed by atoms with E-state index in [9.17, 15) is 4.79 Å². The highest BCUT2D eigenvalue weighted by molar-refractivity contribution is 7.09. The molecule has 122 valence electrons. The maximum absolute atomic E-state index is 12.1. The quantitative estimate of drug-likeness (QED) is 0.687. The van der Waals surface area contributed by atoms with Gasteiger partial charge in [0, 0.05) is 16.1 Å². The molecule has 0 atom stereocenters. The molecule has 2 aromatic carbocycles. The molecule has 3 aromatic rings. The van der Waals surface area contributed by atoms with Crippen molar-refractivity contribution < 1.29 is 9.53 Å². The van der Waals surface area contributed by atoms with Gasteiger partial charge in [-0.15, -0.1) is 11.3 Å². The summed E-state index contributed by atoms with van der Waals surface area (Å²) < 4.78 is 5.76. The van der Waals surface area contributed by atoms with Gasteiger partial charge in [-0.3, -0.25) is 0 Å². The second-order valence-electron chi connectivity index (χ2n) is 5.15. The molecule has 4 nitrogen and oxygen atoms in total. The maximum Gasteiger partial charge on any atom is 0.319 e. The molecule has 3 rings (SSSR count). The van der Waals surface area contributed by atoms with Crippen LogP contribution in [0.25, 0.3) is 0 Å². The number of thiophene rings is 1. The van der Waals surface area contributed by atoms with Gasteiger partial charge in [-0.1, -0.05) is 42.5 Å². The molecule has 0 aliphatic rings. The Bertz CT molecular complexity index is 773. The van der Waals surface area contributed by atoms with Crippen molar-refractivity contribution >= 4 is 23.1 Å². The third-order valence-electron chi connectivity index (χ3n) is 3.41. The van der Waals surface area contributed by atoms with Crippen LogP contribution >= 0.6 is 11.3 Å². The Balaban J connectivity index is 1.58. The molecule has 2 amide bonds. The first-order chi connectivity index (χ1) is 11.8. The lowest BCUT2D eigenvalue weighted by Gasteiger charge is -2.12. The Morgan fingerprint density at radius 1 is 0.958 bits per heavy atom. The summed E-state index contributed by atoms with van der Waals surface area (Å²) in [6, 6.07) is 21.0. The number of urea groups is 1. The zero-order chi connectivity index (χ0) is 16.6. The van der Waals surface area contributed by atoms with E-state index in [1.165, 1.54) is 0 Å². The van der Waals surface area contributed by atoms with Crippen LogP contribution in [0.1, 0.15) is 10.4 Å². The van der Waals surface area contributed by atoms with Crippen LogP contribution in [0.2, 0.25) is 0 Å². The van der Waals surface area contributed by atoms with E-state index in [1.54, 1.807) is 11.3 Å². The molecule has 0 spiro atoms. The molecule has 2 N–H and O–H groups in total. The molecule has 1 aromatic heterocycles. The van der Waals surface area contributed by atoms with Crippen LogP contribution < -0.4 is 15.4 Å². The Hall–Kier alpha value is -2.79. The van der Waals surface area contributed by atoms with Crippen LogP contribution in [-0.2, 0) is 13.2 Å². The van der Waals surface area contributed by atoms with Gasteiger partial charge in [-0.2, -0.15) is 0 Å². The molecule has 0 bridgehead atoms. The van der Waals surface area contributed by atoms with Gasteiger partial charge in [0.25, 0.3) is 0 Å². The molecule has 0 aliphatic carbocycles. The van der Waals surface area contributed by atoms with Crippen molar-refractivity contribution in [1.29, 1.82) is 0 Å². The van der Waals surface area contributed by atoms with Crippen molar-refractivity contribution in [3.63, 3.8) is 0 Å². The highest BCUT2D eigenvalue weighted by Gasteiger charge is 2.07. The van der Waals surface area contributed by atoms with Crippen molar-refractivity contribution in [2.24, 2.45) is 0 Å². The first kappa shape index (κ1) is 16.1. The van der Waals surface area contributed by atoms with Crippen LogP contribution in [0.4, 0.5) is 10.5 Å². The minimum absolute atomic E-state index is 0.226. The minimum Gasteiger partial charge on any atom is -0.489 e. The predicted molar refractivity (Wildman–Crippen MR) is 97.4 cm³/mol. The number of nitrogens with one attached hydrogen (secondary N) is 2. The number of hydrogen-bond acceptors (Lipinski definition) is 3. The second-order valence-corrected chi connectivity index (χ2v) is 6.18. The first-order valence-electron chi connectivity index (χ1n) is 7.64. The fourth-order valence-corrected chi connectivity index (χ4v) is 2.84. The third-order valence-corrected chi connectivity index (χ3v) is 4.28. The average molecular weight is 338 g/mol. The average Bonchev–Trinajstić information content (AvgIpc) is 3.14. The molecule has 0 aliphatic heterocycles. The van der Waals surface area contributed by atoms with Gasteiger partial charge in [0.05, 0.1) is 6.54 Å². The van der Waals surface area contributed by atoms with Crippen molar-refractivity contribution in [2.45, 2.75) is 13.2 Å². The number of carbonyl (C=O) groups is 1. The summed E-state index contributed by atoms with van der Waals surface area (Å²) in [5.41, 5.74) is 1.67. The van der Waals surface area contributed by atoms with Gasteiger partial charge >= 0.3 is 6.03 Å². The van der Waals surface area contributed by atoms with Crippen LogP contribution in [0.15, 0.2) is 72.1 Å².